The summed E-state index contributed by atoms with van der Waals surface area (Å²) in [5, 5.41) is 2.79. The van der Waals surface area contributed by atoms with E-state index in [9.17, 15) is 4.79 Å². The third-order valence-corrected chi connectivity index (χ3v) is 2.92. The van der Waals surface area contributed by atoms with Gasteiger partial charge in [-0.05, 0) is 24.3 Å². The predicted molar refractivity (Wildman–Crippen MR) is 81.8 cm³/mol. The Hall–Kier alpha value is -2.73. The zero-order valence-electron chi connectivity index (χ0n) is 11.8. The molecule has 0 unspecified atom stereocenters. The highest BCUT2D eigenvalue weighted by Gasteiger charge is 2.08. The zero-order valence-corrected chi connectivity index (χ0v) is 11.8. The highest BCUT2D eigenvalue weighted by atomic mass is 16.5. The van der Waals surface area contributed by atoms with Gasteiger partial charge in [-0.1, -0.05) is 0 Å². The van der Waals surface area contributed by atoms with Crippen molar-refractivity contribution in [3.05, 3.63) is 48.0 Å². The van der Waals surface area contributed by atoms with Crippen LogP contribution < -0.4 is 26.1 Å². The van der Waals surface area contributed by atoms with E-state index in [1.54, 1.807) is 56.7 Å². The average Bonchev–Trinajstić information content (AvgIpc) is 2.54. The smallest absolute Gasteiger partial charge is 0.255 e. The van der Waals surface area contributed by atoms with Crippen molar-refractivity contribution in [2.45, 2.75) is 0 Å². The third-order valence-electron chi connectivity index (χ3n) is 2.92. The van der Waals surface area contributed by atoms with Crippen LogP contribution in [0.1, 0.15) is 10.4 Å². The van der Waals surface area contributed by atoms with Crippen LogP contribution in [0.4, 0.5) is 11.4 Å². The van der Waals surface area contributed by atoms with Gasteiger partial charge in [0.1, 0.15) is 11.5 Å². The van der Waals surface area contributed by atoms with Gasteiger partial charge in [-0.3, -0.25) is 10.6 Å². The molecular weight excluding hydrogens is 270 g/mol. The van der Waals surface area contributed by atoms with Crippen molar-refractivity contribution in [3.8, 4) is 11.5 Å². The third kappa shape index (κ3) is 3.64. The Balaban J connectivity index is 2.18. The van der Waals surface area contributed by atoms with Crippen molar-refractivity contribution in [1.82, 2.24) is 0 Å². The van der Waals surface area contributed by atoms with E-state index in [1.165, 1.54) is 0 Å². The Morgan fingerprint density at radius 3 is 2.00 bits per heavy atom. The second kappa shape index (κ2) is 6.62. The van der Waals surface area contributed by atoms with E-state index in [2.05, 4.69) is 10.7 Å². The summed E-state index contributed by atoms with van der Waals surface area (Å²) in [5.41, 5.74) is 4.36. The molecule has 6 nitrogen and oxygen atoms in total. The molecule has 0 spiro atoms. The Kier molecular flexibility index (Phi) is 4.63. The topological polar surface area (TPSA) is 85.6 Å². The Labute approximate surface area is 122 Å². The van der Waals surface area contributed by atoms with Gasteiger partial charge in [0, 0.05) is 35.1 Å². The lowest BCUT2D eigenvalue weighted by Crippen LogP contribution is -2.12. The monoisotopic (exact) mass is 287 g/mol. The molecule has 0 aliphatic heterocycles. The molecule has 2 aromatic rings. The summed E-state index contributed by atoms with van der Waals surface area (Å²) >= 11 is 0. The number of rotatable bonds is 5. The minimum absolute atomic E-state index is 0.228. The van der Waals surface area contributed by atoms with Gasteiger partial charge in [-0.25, -0.2) is 0 Å². The van der Waals surface area contributed by atoms with Gasteiger partial charge in [0.25, 0.3) is 5.91 Å². The van der Waals surface area contributed by atoms with Crippen molar-refractivity contribution in [2.75, 3.05) is 25.0 Å². The molecule has 0 radical (unpaired) electrons. The Bertz CT molecular complexity index is 604. The minimum atomic E-state index is -0.228. The summed E-state index contributed by atoms with van der Waals surface area (Å²) in [6.45, 7) is 0. The fraction of sp³-hybridized carbons (Fsp3) is 0.133. The summed E-state index contributed by atoms with van der Waals surface area (Å²) < 4.78 is 10.3. The number of benzene rings is 2. The number of amides is 1. The van der Waals surface area contributed by atoms with Crippen LogP contribution in [-0.4, -0.2) is 20.1 Å². The Morgan fingerprint density at radius 1 is 0.952 bits per heavy atom. The number of methoxy groups -OCH3 is 2. The van der Waals surface area contributed by atoms with Gasteiger partial charge in [0.05, 0.1) is 14.2 Å². The van der Waals surface area contributed by atoms with Gasteiger partial charge in [0.15, 0.2) is 0 Å². The number of hydrogen-bond acceptors (Lipinski definition) is 5. The maximum Gasteiger partial charge on any atom is 0.255 e. The highest BCUT2D eigenvalue weighted by molar-refractivity contribution is 6.04. The molecule has 21 heavy (non-hydrogen) atoms. The number of anilines is 2. The first-order chi connectivity index (χ1) is 10.2. The van der Waals surface area contributed by atoms with Crippen LogP contribution in [0.2, 0.25) is 0 Å². The lowest BCUT2D eigenvalue weighted by Gasteiger charge is -2.10. The number of carbonyl (C=O) groups excluding carboxylic acids is 1. The number of nitrogens with one attached hydrogen (secondary N) is 2. The van der Waals surface area contributed by atoms with Crippen molar-refractivity contribution in [2.24, 2.45) is 5.84 Å². The number of nitrogens with two attached hydrogens (primary N) is 1. The molecule has 2 rings (SSSR count). The summed E-state index contributed by atoms with van der Waals surface area (Å²) in [4.78, 5) is 12.2. The summed E-state index contributed by atoms with van der Waals surface area (Å²) in [6.07, 6.45) is 0. The lowest BCUT2D eigenvalue weighted by atomic mass is 10.2. The maximum absolute atomic E-state index is 12.2. The first-order valence-electron chi connectivity index (χ1n) is 6.27. The summed E-state index contributed by atoms with van der Waals surface area (Å²) in [7, 11) is 3.11. The van der Waals surface area contributed by atoms with Gasteiger partial charge >= 0.3 is 0 Å². The van der Waals surface area contributed by atoms with Crippen molar-refractivity contribution >= 4 is 17.3 Å². The molecule has 0 fully saturated rings. The molecule has 0 bridgehead atoms. The van der Waals surface area contributed by atoms with Crippen LogP contribution >= 0.6 is 0 Å². The largest absolute Gasteiger partial charge is 0.497 e. The molecule has 4 N–H and O–H groups in total. The molecule has 0 saturated carbocycles. The van der Waals surface area contributed by atoms with Gasteiger partial charge in [-0.2, -0.15) is 0 Å². The quantitative estimate of drug-likeness (QED) is 0.580. The average molecular weight is 287 g/mol. The molecule has 0 atom stereocenters. The van der Waals surface area contributed by atoms with E-state index in [4.69, 9.17) is 15.3 Å². The van der Waals surface area contributed by atoms with Crippen LogP contribution in [0.3, 0.4) is 0 Å². The lowest BCUT2D eigenvalue weighted by molar-refractivity contribution is 0.102. The second-order valence-electron chi connectivity index (χ2n) is 4.28. The fourth-order valence-electron chi connectivity index (χ4n) is 1.80. The van der Waals surface area contributed by atoms with Gasteiger partial charge < -0.3 is 20.2 Å². The molecule has 1 amide bonds. The highest BCUT2D eigenvalue weighted by Crippen LogP contribution is 2.26. The Morgan fingerprint density at radius 2 is 1.52 bits per heavy atom. The fourth-order valence-corrected chi connectivity index (χ4v) is 1.80. The molecule has 110 valence electrons. The van der Waals surface area contributed by atoms with Crippen LogP contribution in [0, 0.1) is 0 Å². The summed E-state index contributed by atoms with van der Waals surface area (Å²) in [6, 6.07) is 12.0. The van der Waals surface area contributed by atoms with Crippen LogP contribution in [0.5, 0.6) is 11.5 Å². The van der Waals surface area contributed by atoms with Gasteiger partial charge in [0.2, 0.25) is 0 Å². The predicted octanol–water partition coefficient (Wildman–Crippen LogP) is 2.24. The van der Waals surface area contributed by atoms with Crippen LogP contribution in [-0.2, 0) is 0 Å². The first kappa shape index (κ1) is 14.7. The molecular formula is C15H17N3O3. The van der Waals surface area contributed by atoms with Gasteiger partial charge in [-0.15, -0.1) is 0 Å². The summed E-state index contributed by atoms with van der Waals surface area (Å²) in [5.74, 6) is 6.27. The number of carbonyl (C=O) groups is 1. The number of hydrazine groups is 1. The molecule has 2 aromatic carbocycles. The second-order valence-corrected chi connectivity index (χ2v) is 4.28. The first-order valence-corrected chi connectivity index (χ1v) is 6.27. The SMILES string of the molecule is COc1cc(NC(=O)c2ccc(NN)cc2)cc(OC)c1. The van der Waals surface area contributed by atoms with Crippen molar-refractivity contribution in [1.29, 1.82) is 0 Å². The van der Waals surface area contributed by atoms with Crippen LogP contribution in [0.25, 0.3) is 0 Å². The van der Waals surface area contributed by atoms with E-state index < -0.39 is 0 Å². The van der Waals surface area contributed by atoms with E-state index in [-0.39, 0.29) is 5.91 Å². The minimum Gasteiger partial charge on any atom is -0.497 e. The number of hydrogen-bond donors (Lipinski definition) is 3. The van der Waals surface area contributed by atoms with Crippen molar-refractivity contribution < 1.29 is 14.3 Å². The molecule has 0 heterocycles. The van der Waals surface area contributed by atoms with E-state index in [1.807, 2.05) is 0 Å². The van der Waals surface area contributed by atoms with E-state index >= 15 is 0 Å². The molecule has 0 aliphatic carbocycles. The van der Waals surface area contributed by atoms with E-state index in [0.717, 1.165) is 5.69 Å². The van der Waals surface area contributed by atoms with E-state index in [0.29, 0.717) is 22.7 Å². The zero-order chi connectivity index (χ0) is 15.2. The normalized spacial score (nSPS) is 9.86. The molecule has 6 heteroatoms. The number of nitrogen functional groups attached to an aromatic ring is 1. The number of ether oxygens (including phenoxy) is 2. The van der Waals surface area contributed by atoms with Crippen molar-refractivity contribution in [3.63, 3.8) is 0 Å². The molecule has 0 saturated heterocycles. The van der Waals surface area contributed by atoms with Crippen LogP contribution in [0.15, 0.2) is 42.5 Å². The molecule has 0 aliphatic rings. The molecule has 0 aromatic heterocycles. The maximum atomic E-state index is 12.2. The standard InChI is InChI=1S/C15H17N3O3/c1-20-13-7-12(8-14(9-13)21-2)17-15(19)10-3-5-11(18-16)6-4-10/h3-9,18H,16H2,1-2H3,(H,17,19).